The summed E-state index contributed by atoms with van der Waals surface area (Å²) >= 11 is 0. The normalized spacial score (nSPS) is 21.3. The van der Waals surface area contributed by atoms with Crippen molar-refractivity contribution < 1.29 is 50.0 Å². The number of hydrogen-bond donors (Lipinski definition) is 8. The van der Waals surface area contributed by atoms with Crippen molar-refractivity contribution in [3.05, 3.63) is 36.5 Å². The molecule has 0 aromatic carbocycles. The lowest BCUT2D eigenvalue weighted by Crippen LogP contribution is -2.60. The number of unbranched alkanes of at least 4 members (excludes halogenated alkanes) is 26. The van der Waals surface area contributed by atoms with Crippen molar-refractivity contribution in [2.45, 2.75) is 281 Å². The number of aliphatic hydroxyl groups is 7. The Bertz CT molecular complexity index is 1130. The molecule has 0 aromatic rings. The summed E-state index contributed by atoms with van der Waals surface area (Å²) in [6.07, 6.45) is 39.8. The van der Waals surface area contributed by atoms with Gasteiger partial charge in [-0.3, -0.25) is 4.79 Å². The average molecular weight is 910 g/mol. The van der Waals surface area contributed by atoms with Gasteiger partial charge >= 0.3 is 0 Å². The Hall–Kier alpha value is -1.67. The first-order valence-corrected chi connectivity index (χ1v) is 26.4. The van der Waals surface area contributed by atoms with Gasteiger partial charge in [-0.15, -0.1) is 0 Å². The summed E-state index contributed by atoms with van der Waals surface area (Å²) in [4.78, 5) is 13.1. The number of allylic oxidation sites excluding steroid dienone is 6. The lowest BCUT2D eigenvalue weighted by Gasteiger charge is -2.40. The Morgan fingerprint density at radius 1 is 0.547 bits per heavy atom. The highest BCUT2D eigenvalue weighted by Gasteiger charge is 2.44. The SMILES string of the molecule is CCCC/C=C/CCCC(O)C(O)C(COC1OC(CO)C(O)C(O)C1O)NC(=O)C(O)CCCCCCCCCCCCCCCC/C=C\C/C=C\CCCCCCCCCCC. The van der Waals surface area contributed by atoms with Crippen LogP contribution >= 0.6 is 0 Å². The molecule has 1 fully saturated rings. The minimum atomic E-state index is -1.67. The minimum absolute atomic E-state index is 0.253. The Morgan fingerprint density at radius 2 is 0.984 bits per heavy atom. The van der Waals surface area contributed by atoms with E-state index in [-0.39, 0.29) is 12.8 Å². The monoisotopic (exact) mass is 910 g/mol. The molecule has 11 nitrogen and oxygen atoms in total. The third-order valence-electron chi connectivity index (χ3n) is 12.7. The molecule has 1 saturated heterocycles. The van der Waals surface area contributed by atoms with Gasteiger partial charge in [0.25, 0.3) is 0 Å². The molecule has 8 N–H and O–H groups in total. The summed E-state index contributed by atoms with van der Waals surface area (Å²) in [5, 5.41) is 75.4. The highest BCUT2D eigenvalue weighted by atomic mass is 16.7. The number of rotatable bonds is 44. The summed E-state index contributed by atoms with van der Waals surface area (Å²) in [7, 11) is 0. The quantitative estimate of drug-likeness (QED) is 0.0216. The fraction of sp³-hybridized carbons (Fsp3) is 0.868. The standard InChI is InChI=1S/C53H99NO10/c1-3-5-7-9-11-12-13-14-15-16-17-18-19-20-21-22-23-24-25-26-27-28-29-30-31-32-33-35-37-39-41-46(57)52(62)54-44(48(58)45(56)40-38-36-34-10-8-6-4-2)43-63-53-51(61)50(60)49(59)47(42-55)64-53/h10,17-18,20-21,34,44-51,53,55-61H,3-9,11-16,19,22-33,35-43H2,1-2H3,(H,54,62)/b18-17-,21-20-,34-10+. The molecule has 376 valence electrons. The van der Waals surface area contributed by atoms with Crippen LogP contribution in [0.15, 0.2) is 36.5 Å². The third-order valence-corrected chi connectivity index (χ3v) is 12.7. The van der Waals surface area contributed by atoms with Crippen LogP contribution < -0.4 is 5.32 Å². The molecule has 1 heterocycles. The number of hydrogen-bond acceptors (Lipinski definition) is 10. The van der Waals surface area contributed by atoms with Gasteiger partial charge in [-0.05, 0) is 64.2 Å². The van der Waals surface area contributed by atoms with E-state index in [1.165, 1.54) is 135 Å². The predicted molar refractivity (Wildman–Crippen MR) is 261 cm³/mol. The maximum atomic E-state index is 13.1. The lowest BCUT2D eigenvalue weighted by atomic mass is 9.98. The molecule has 9 atom stereocenters. The largest absolute Gasteiger partial charge is 0.394 e. The molecular weight excluding hydrogens is 811 g/mol. The van der Waals surface area contributed by atoms with Gasteiger partial charge in [-0.25, -0.2) is 0 Å². The smallest absolute Gasteiger partial charge is 0.249 e. The van der Waals surface area contributed by atoms with E-state index in [1.807, 2.05) is 0 Å². The van der Waals surface area contributed by atoms with E-state index in [4.69, 9.17) is 9.47 Å². The fourth-order valence-electron chi connectivity index (χ4n) is 8.28. The van der Waals surface area contributed by atoms with Crippen LogP contribution in [0.3, 0.4) is 0 Å². The second-order valence-corrected chi connectivity index (χ2v) is 18.6. The molecule has 1 aliphatic rings. The zero-order valence-corrected chi connectivity index (χ0v) is 40.8. The average Bonchev–Trinajstić information content (AvgIpc) is 3.29. The van der Waals surface area contributed by atoms with Gasteiger partial charge in [-0.1, -0.05) is 198 Å². The van der Waals surface area contributed by atoms with Crippen molar-refractivity contribution in [2.75, 3.05) is 13.2 Å². The molecule has 1 aliphatic heterocycles. The maximum Gasteiger partial charge on any atom is 0.249 e. The van der Waals surface area contributed by atoms with Crippen molar-refractivity contribution in [3.8, 4) is 0 Å². The molecule has 11 heteroatoms. The number of carbonyl (C=O) groups excluding carboxylic acids is 1. The van der Waals surface area contributed by atoms with E-state index in [9.17, 15) is 40.5 Å². The van der Waals surface area contributed by atoms with Crippen molar-refractivity contribution in [1.82, 2.24) is 5.32 Å². The molecule has 1 amide bonds. The summed E-state index contributed by atoms with van der Waals surface area (Å²) in [6.45, 7) is 3.34. The molecule has 0 radical (unpaired) electrons. The summed E-state index contributed by atoms with van der Waals surface area (Å²) in [5.74, 6) is -0.710. The van der Waals surface area contributed by atoms with Gasteiger partial charge in [0.15, 0.2) is 6.29 Å². The minimum Gasteiger partial charge on any atom is -0.394 e. The van der Waals surface area contributed by atoms with E-state index >= 15 is 0 Å². The molecule has 9 unspecified atom stereocenters. The van der Waals surface area contributed by atoms with E-state index in [0.717, 1.165) is 51.4 Å². The van der Waals surface area contributed by atoms with Crippen LogP contribution in [0.25, 0.3) is 0 Å². The van der Waals surface area contributed by atoms with Crippen LogP contribution in [0.1, 0.15) is 226 Å². The lowest BCUT2D eigenvalue weighted by molar-refractivity contribution is -0.303. The molecule has 0 spiro atoms. The second kappa shape index (κ2) is 42.7. The van der Waals surface area contributed by atoms with Gasteiger partial charge in [-0.2, -0.15) is 0 Å². The first kappa shape index (κ1) is 60.3. The van der Waals surface area contributed by atoms with Crippen molar-refractivity contribution in [2.24, 2.45) is 0 Å². The van der Waals surface area contributed by atoms with Gasteiger partial charge in [0, 0.05) is 0 Å². The highest BCUT2D eigenvalue weighted by molar-refractivity contribution is 5.80. The topological polar surface area (TPSA) is 189 Å². The van der Waals surface area contributed by atoms with Crippen molar-refractivity contribution in [1.29, 1.82) is 0 Å². The Kier molecular flexibility index (Phi) is 40.2. The number of nitrogens with one attached hydrogen (secondary N) is 1. The van der Waals surface area contributed by atoms with Crippen LogP contribution in [-0.2, 0) is 14.3 Å². The molecule has 64 heavy (non-hydrogen) atoms. The van der Waals surface area contributed by atoms with Crippen molar-refractivity contribution in [3.63, 3.8) is 0 Å². The number of carbonyl (C=O) groups is 1. The number of aliphatic hydroxyl groups excluding tert-OH is 7. The van der Waals surface area contributed by atoms with Crippen LogP contribution in [-0.4, -0.2) is 110 Å². The van der Waals surface area contributed by atoms with Gasteiger partial charge < -0.3 is 50.5 Å². The first-order valence-electron chi connectivity index (χ1n) is 26.4. The van der Waals surface area contributed by atoms with E-state index in [0.29, 0.717) is 12.8 Å². The fourth-order valence-corrected chi connectivity index (χ4v) is 8.28. The molecule has 0 bridgehead atoms. The predicted octanol–water partition coefficient (Wildman–Crippen LogP) is 9.95. The van der Waals surface area contributed by atoms with Gasteiger partial charge in [0.2, 0.25) is 5.91 Å². The first-order chi connectivity index (χ1) is 31.2. The number of ether oxygens (including phenoxy) is 2. The summed E-state index contributed by atoms with van der Waals surface area (Å²) < 4.78 is 11.0. The third kappa shape index (κ3) is 31.3. The molecular formula is C53H99NO10. The van der Waals surface area contributed by atoms with Gasteiger partial charge in [0.05, 0.1) is 25.4 Å². The van der Waals surface area contributed by atoms with Crippen molar-refractivity contribution >= 4 is 5.91 Å². The Labute approximate surface area is 390 Å². The van der Waals surface area contributed by atoms with Crippen LogP contribution in [0, 0.1) is 0 Å². The Balaban J connectivity index is 2.18. The molecule has 0 saturated carbocycles. The number of amides is 1. The zero-order chi connectivity index (χ0) is 46.9. The van der Waals surface area contributed by atoms with Crippen LogP contribution in [0.2, 0.25) is 0 Å². The van der Waals surface area contributed by atoms with Crippen LogP contribution in [0.5, 0.6) is 0 Å². The van der Waals surface area contributed by atoms with E-state index in [1.54, 1.807) is 0 Å². The van der Waals surface area contributed by atoms with E-state index in [2.05, 4.69) is 55.6 Å². The maximum absolute atomic E-state index is 13.1. The molecule has 0 aliphatic carbocycles. The molecule has 1 rings (SSSR count). The Morgan fingerprint density at radius 3 is 1.48 bits per heavy atom. The summed E-state index contributed by atoms with van der Waals surface area (Å²) in [6, 6.07) is -1.18. The van der Waals surface area contributed by atoms with Crippen LogP contribution in [0.4, 0.5) is 0 Å². The van der Waals surface area contributed by atoms with Gasteiger partial charge in [0.1, 0.15) is 36.6 Å². The zero-order valence-electron chi connectivity index (χ0n) is 40.8. The highest BCUT2D eigenvalue weighted by Crippen LogP contribution is 2.23. The van der Waals surface area contributed by atoms with E-state index < -0.39 is 74.2 Å². The molecule has 0 aromatic heterocycles. The summed E-state index contributed by atoms with van der Waals surface area (Å²) in [5.41, 5.74) is 0. The second-order valence-electron chi connectivity index (χ2n) is 18.6.